The summed E-state index contributed by atoms with van der Waals surface area (Å²) in [7, 11) is 0. The van der Waals surface area contributed by atoms with Gasteiger partial charge in [0.15, 0.2) is 11.6 Å². The van der Waals surface area contributed by atoms with E-state index in [1.165, 1.54) is 17.7 Å². The van der Waals surface area contributed by atoms with Gasteiger partial charge in [-0.05, 0) is 35.7 Å². The number of aryl methyl sites for hydroxylation is 1. The summed E-state index contributed by atoms with van der Waals surface area (Å²) in [4.78, 5) is 0. The number of hydrogen-bond acceptors (Lipinski definition) is 2. The van der Waals surface area contributed by atoms with Crippen molar-refractivity contribution < 1.29 is 9.13 Å². The van der Waals surface area contributed by atoms with Crippen LogP contribution in [0, 0.1) is 11.2 Å². The van der Waals surface area contributed by atoms with Crippen LogP contribution in [0.2, 0.25) is 0 Å². The molecule has 0 aliphatic heterocycles. The molecule has 0 saturated heterocycles. The van der Waals surface area contributed by atoms with E-state index in [4.69, 9.17) is 15.9 Å². The second kappa shape index (κ2) is 6.19. The Balaban J connectivity index is 2.04. The van der Waals surface area contributed by atoms with E-state index in [-0.39, 0.29) is 11.6 Å². The van der Waals surface area contributed by atoms with Crippen molar-refractivity contribution >= 4 is 5.84 Å². The molecule has 0 aliphatic carbocycles. The summed E-state index contributed by atoms with van der Waals surface area (Å²) in [6, 6.07) is 12.3. The summed E-state index contributed by atoms with van der Waals surface area (Å²) in [5, 5.41) is 7.25. The molecule has 2 aromatic carbocycles. The van der Waals surface area contributed by atoms with Gasteiger partial charge < -0.3 is 10.5 Å². The van der Waals surface area contributed by atoms with Gasteiger partial charge >= 0.3 is 0 Å². The van der Waals surface area contributed by atoms with Gasteiger partial charge in [0.2, 0.25) is 0 Å². The van der Waals surface area contributed by atoms with Crippen LogP contribution in [0.1, 0.15) is 23.6 Å². The van der Waals surface area contributed by atoms with Crippen LogP contribution in [0.25, 0.3) is 0 Å². The minimum absolute atomic E-state index is 0.161. The molecular weight excluding hydrogens is 255 g/mol. The predicted molar refractivity (Wildman–Crippen MR) is 77.6 cm³/mol. The van der Waals surface area contributed by atoms with Gasteiger partial charge in [0.1, 0.15) is 12.4 Å². The van der Waals surface area contributed by atoms with Gasteiger partial charge in [-0.3, -0.25) is 5.41 Å². The Morgan fingerprint density at radius 1 is 1.15 bits per heavy atom. The molecule has 0 aliphatic rings. The Labute approximate surface area is 117 Å². The first-order valence-corrected chi connectivity index (χ1v) is 6.44. The fourth-order valence-electron chi connectivity index (χ4n) is 1.82. The van der Waals surface area contributed by atoms with Crippen molar-refractivity contribution in [3.05, 3.63) is 65.0 Å². The molecule has 0 radical (unpaired) electrons. The van der Waals surface area contributed by atoms with Crippen LogP contribution in [0.15, 0.2) is 42.5 Å². The summed E-state index contributed by atoms with van der Waals surface area (Å²) in [5.41, 5.74) is 7.89. The minimum atomic E-state index is -0.511. The van der Waals surface area contributed by atoms with E-state index in [1.54, 1.807) is 6.07 Å². The maximum absolute atomic E-state index is 13.8. The number of nitrogens with two attached hydrogens (primary N) is 1. The maximum Gasteiger partial charge on any atom is 0.165 e. The third kappa shape index (κ3) is 3.35. The van der Waals surface area contributed by atoms with Crippen LogP contribution in [0.4, 0.5) is 4.39 Å². The second-order valence-electron chi connectivity index (χ2n) is 4.52. The molecule has 3 nitrogen and oxygen atoms in total. The van der Waals surface area contributed by atoms with E-state index in [2.05, 4.69) is 6.92 Å². The molecule has 4 heteroatoms. The van der Waals surface area contributed by atoms with E-state index in [1.807, 2.05) is 24.3 Å². The molecule has 0 atom stereocenters. The molecule has 0 aromatic heterocycles. The van der Waals surface area contributed by atoms with Crippen LogP contribution in [-0.2, 0) is 13.0 Å². The van der Waals surface area contributed by atoms with Gasteiger partial charge in [0.25, 0.3) is 0 Å². The van der Waals surface area contributed by atoms with Crippen LogP contribution >= 0.6 is 0 Å². The van der Waals surface area contributed by atoms with Gasteiger partial charge in [0, 0.05) is 5.56 Å². The van der Waals surface area contributed by atoms with E-state index in [0.29, 0.717) is 12.2 Å². The fraction of sp³-hybridized carbons (Fsp3) is 0.188. The highest BCUT2D eigenvalue weighted by atomic mass is 19.1. The van der Waals surface area contributed by atoms with E-state index in [9.17, 15) is 4.39 Å². The van der Waals surface area contributed by atoms with Gasteiger partial charge in [-0.2, -0.15) is 0 Å². The lowest BCUT2D eigenvalue weighted by Crippen LogP contribution is -2.11. The number of nitrogen functional groups attached to an aromatic ring is 1. The zero-order chi connectivity index (χ0) is 14.5. The molecule has 2 rings (SSSR count). The lowest BCUT2D eigenvalue weighted by atomic mass is 10.1. The standard InChI is InChI=1S/C16H17FN2O/c1-2-11-3-5-12(6-4-11)10-20-15-8-7-13(16(18)19)9-14(15)17/h3-9H,2,10H2,1H3,(H3,18,19). The topological polar surface area (TPSA) is 59.1 Å². The highest BCUT2D eigenvalue weighted by Gasteiger charge is 2.06. The van der Waals surface area contributed by atoms with E-state index >= 15 is 0 Å². The Hall–Kier alpha value is -2.36. The van der Waals surface area contributed by atoms with E-state index < -0.39 is 5.82 Å². The first-order chi connectivity index (χ1) is 9.60. The van der Waals surface area contributed by atoms with Crippen LogP contribution < -0.4 is 10.5 Å². The SMILES string of the molecule is CCc1ccc(COc2ccc(C(=N)N)cc2F)cc1. The monoisotopic (exact) mass is 272 g/mol. The van der Waals surface area contributed by atoms with Crippen LogP contribution in [-0.4, -0.2) is 5.84 Å². The molecule has 3 N–H and O–H groups in total. The molecule has 2 aromatic rings. The summed E-state index contributed by atoms with van der Waals surface area (Å²) >= 11 is 0. The molecule has 0 amide bonds. The summed E-state index contributed by atoms with van der Waals surface area (Å²) in [6.07, 6.45) is 0.988. The summed E-state index contributed by atoms with van der Waals surface area (Å²) < 4.78 is 19.2. The lowest BCUT2D eigenvalue weighted by Gasteiger charge is -2.09. The Morgan fingerprint density at radius 3 is 2.35 bits per heavy atom. The number of benzene rings is 2. The average molecular weight is 272 g/mol. The summed E-state index contributed by atoms with van der Waals surface area (Å²) in [5.74, 6) is -0.511. The molecular formula is C16H17FN2O. The molecule has 0 spiro atoms. The van der Waals surface area contributed by atoms with Crippen LogP contribution in [0.5, 0.6) is 5.75 Å². The number of amidine groups is 1. The van der Waals surface area contributed by atoms with Crippen LogP contribution in [0.3, 0.4) is 0 Å². The minimum Gasteiger partial charge on any atom is -0.486 e. The van der Waals surface area contributed by atoms with Crippen molar-refractivity contribution in [3.8, 4) is 5.75 Å². The van der Waals surface area contributed by atoms with Crippen molar-refractivity contribution in [1.82, 2.24) is 0 Å². The Morgan fingerprint density at radius 2 is 1.80 bits per heavy atom. The normalized spacial score (nSPS) is 10.3. The van der Waals surface area contributed by atoms with Crippen molar-refractivity contribution in [3.63, 3.8) is 0 Å². The second-order valence-corrected chi connectivity index (χ2v) is 4.52. The van der Waals surface area contributed by atoms with Crippen molar-refractivity contribution in [2.24, 2.45) is 5.73 Å². The average Bonchev–Trinajstić information content (AvgIpc) is 2.46. The largest absolute Gasteiger partial charge is 0.486 e. The number of halogens is 1. The van der Waals surface area contributed by atoms with Gasteiger partial charge in [-0.15, -0.1) is 0 Å². The summed E-state index contributed by atoms with van der Waals surface area (Å²) in [6.45, 7) is 2.40. The number of hydrogen-bond donors (Lipinski definition) is 2. The lowest BCUT2D eigenvalue weighted by molar-refractivity contribution is 0.290. The zero-order valence-electron chi connectivity index (χ0n) is 11.3. The third-order valence-electron chi connectivity index (χ3n) is 3.07. The molecule has 0 saturated carbocycles. The molecule has 0 unspecified atom stereocenters. The van der Waals surface area contributed by atoms with Gasteiger partial charge in [0.05, 0.1) is 0 Å². The Kier molecular flexibility index (Phi) is 4.35. The number of nitrogens with one attached hydrogen (secondary N) is 1. The van der Waals surface area contributed by atoms with E-state index in [0.717, 1.165) is 12.0 Å². The first-order valence-electron chi connectivity index (χ1n) is 6.44. The zero-order valence-corrected chi connectivity index (χ0v) is 11.3. The smallest absolute Gasteiger partial charge is 0.165 e. The molecule has 104 valence electrons. The number of rotatable bonds is 5. The molecule has 20 heavy (non-hydrogen) atoms. The highest BCUT2D eigenvalue weighted by molar-refractivity contribution is 5.95. The first kappa shape index (κ1) is 14.1. The highest BCUT2D eigenvalue weighted by Crippen LogP contribution is 2.19. The fourth-order valence-corrected chi connectivity index (χ4v) is 1.82. The number of ether oxygens (including phenoxy) is 1. The van der Waals surface area contributed by atoms with Crippen molar-refractivity contribution in [2.45, 2.75) is 20.0 Å². The third-order valence-corrected chi connectivity index (χ3v) is 3.07. The molecule has 0 bridgehead atoms. The predicted octanol–water partition coefficient (Wildman–Crippen LogP) is 3.25. The molecule has 0 fully saturated rings. The Bertz CT molecular complexity index is 608. The molecule has 0 heterocycles. The quantitative estimate of drug-likeness (QED) is 0.648. The van der Waals surface area contributed by atoms with Gasteiger partial charge in [-0.25, -0.2) is 4.39 Å². The van der Waals surface area contributed by atoms with Gasteiger partial charge in [-0.1, -0.05) is 31.2 Å². The van der Waals surface area contributed by atoms with Crippen molar-refractivity contribution in [1.29, 1.82) is 5.41 Å². The maximum atomic E-state index is 13.8. The van der Waals surface area contributed by atoms with Crippen molar-refractivity contribution in [2.75, 3.05) is 0 Å².